The minimum absolute atomic E-state index is 0.224. The van der Waals surface area contributed by atoms with Crippen LogP contribution in [-0.2, 0) is 4.74 Å². The number of ether oxygens (including phenoxy) is 1. The largest absolute Gasteiger partial charge is 0.501 e. The van der Waals surface area contributed by atoms with Crippen molar-refractivity contribution in [2.24, 2.45) is 0 Å². The number of aromatic nitrogens is 1. The Labute approximate surface area is 87.8 Å². The maximum Gasteiger partial charge on any atom is 0.0876 e. The molecule has 1 N–H and O–H groups in total. The lowest BCUT2D eigenvalue weighted by molar-refractivity contribution is 0.219. The van der Waals surface area contributed by atoms with E-state index in [1.54, 1.807) is 11.3 Å². The number of thiazole rings is 1. The van der Waals surface area contributed by atoms with Crippen molar-refractivity contribution in [2.75, 3.05) is 13.7 Å². The molecule has 0 amide bonds. The van der Waals surface area contributed by atoms with Crippen LogP contribution in [0.15, 0.2) is 22.7 Å². The third-order valence-electron chi connectivity index (χ3n) is 2.37. The second-order valence-corrected chi connectivity index (χ2v) is 4.02. The van der Waals surface area contributed by atoms with Crippen LogP contribution in [0.5, 0.6) is 0 Å². The third-order valence-corrected chi connectivity index (χ3v) is 2.97. The van der Waals surface area contributed by atoms with Crippen LogP contribution in [0, 0.1) is 0 Å². The van der Waals surface area contributed by atoms with Crippen LogP contribution in [0.25, 0.3) is 0 Å². The van der Waals surface area contributed by atoms with E-state index in [2.05, 4.69) is 15.7 Å². The van der Waals surface area contributed by atoms with Crippen molar-refractivity contribution in [2.45, 2.75) is 18.9 Å². The fourth-order valence-corrected chi connectivity index (χ4v) is 2.26. The van der Waals surface area contributed by atoms with E-state index in [-0.39, 0.29) is 6.04 Å². The Hall–Kier alpha value is -0.870. The summed E-state index contributed by atoms with van der Waals surface area (Å²) in [6.45, 7) is 0.844. The molecule has 1 aliphatic heterocycles. The van der Waals surface area contributed by atoms with Crippen LogP contribution in [-0.4, -0.2) is 18.6 Å². The molecule has 1 aliphatic rings. The molecule has 2 rings (SSSR count). The summed E-state index contributed by atoms with van der Waals surface area (Å²) < 4.78 is 5.34. The second kappa shape index (κ2) is 4.57. The maximum absolute atomic E-state index is 5.34. The van der Waals surface area contributed by atoms with Gasteiger partial charge in [0, 0.05) is 5.38 Å². The molecule has 1 atom stereocenters. The summed E-state index contributed by atoms with van der Waals surface area (Å²) in [6.07, 6.45) is 4.08. The molecule has 0 spiro atoms. The molecule has 1 unspecified atom stereocenters. The highest BCUT2D eigenvalue weighted by atomic mass is 32.1. The van der Waals surface area contributed by atoms with Crippen molar-refractivity contribution in [3.8, 4) is 0 Å². The van der Waals surface area contributed by atoms with Crippen LogP contribution in [0.3, 0.4) is 0 Å². The predicted octanol–water partition coefficient (Wildman–Crippen LogP) is 2.10. The van der Waals surface area contributed by atoms with E-state index in [1.165, 1.54) is 5.57 Å². The Kier molecular flexibility index (Phi) is 3.16. The van der Waals surface area contributed by atoms with Gasteiger partial charge in [0.2, 0.25) is 0 Å². The second-order valence-electron chi connectivity index (χ2n) is 3.30. The Bertz CT molecular complexity index is 308. The molecular formula is C10H14N2OS. The van der Waals surface area contributed by atoms with Crippen molar-refractivity contribution < 1.29 is 4.74 Å². The van der Waals surface area contributed by atoms with Gasteiger partial charge in [0.05, 0.1) is 30.1 Å². The van der Waals surface area contributed by atoms with E-state index in [1.807, 2.05) is 18.8 Å². The topological polar surface area (TPSA) is 34.1 Å². The summed E-state index contributed by atoms with van der Waals surface area (Å²) >= 11 is 1.63. The van der Waals surface area contributed by atoms with Gasteiger partial charge in [-0.25, -0.2) is 4.98 Å². The quantitative estimate of drug-likeness (QED) is 0.829. The first kappa shape index (κ1) is 9.68. The molecule has 0 aliphatic carbocycles. The zero-order valence-electron chi connectivity index (χ0n) is 8.19. The zero-order chi connectivity index (χ0) is 9.80. The maximum atomic E-state index is 5.34. The first-order valence-electron chi connectivity index (χ1n) is 4.77. The number of hydrogen-bond acceptors (Lipinski definition) is 4. The van der Waals surface area contributed by atoms with E-state index in [9.17, 15) is 0 Å². The number of nitrogens with zero attached hydrogens (tertiary/aromatic N) is 1. The Morgan fingerprint density at radius 2 is 2.57 bits per heavy atom. The third kappa shape index (κ3) is 1.96. The minimum Gasteiger partial charge on any atom is -0.501 e. The average molecular weight is 210 g/mol. The van der Waals surface area contributed by atoms with Gasteiger partial charge in [0.25, 0.3) is 0 Å². The van der Waals surface area contributed by atoms with Gasteiger partial charge in [-0.15, -0.1) is 11.3 Å². The molecule has 2 heterocycles. The fourth-order valence-electron chi connectivity index (χ4n) is 1.68. The summed E-state index contributed by atoms with van der Waals surface area (Å²) in [6, 6.07) is 0.224. The lowest BCUT2D eigenvalue weighted by atomic mass is 10.0. The predicted molar refractivity (Wildman–Crippen MR) is 57.2 cm³/mol. The van der Waals surface area contributed by atoms with Crippen molar-refractivity contribution >= 4 is 11.3 Å². The van der Waals surface area contributed by atoms with Crippen molar-refractivity contribution in [1.29, 1.82) is 0 Å². The summed E-state index contributed by atoms with van der Waals surface area (Å²) in [5.74, 6) is 0. The number of rotatable bonds is 3. The van der Waals surface area contributed by atoms with Crippen LogP contribution in [0.4, 0.5) is 0 Å². The summed E-state index contributed by atoms with van der Waals surface area (Å²) in [5, 5.41) is 5.35. The smallest absolute Gasteiger partial charge is 0.0876 e. The van der Waals surface area contributed by atoms with E-state index < -0.39 is 0 Å². The molecule has 0 radical (unpaired) electrons. The van der Waals surface area contributed by atoms with E-state index >= 15 is 0 Å². The lowest BCUT2D eigenvalue weighted by Crippen LogP contribution is -2.21. The van der Waals surface area contributed by atoms with Gasteiger partial charge in [0.1, 0.15) is 0 Å². The first-order chi connectivity index (χ1) is 6.92. The van der Waals surface area contributed by atoms with Gasteiger partial charge in [-0.3, -0.25) is 0 Å². The molecule has 0 bridgehead atoms. The van der Waals surface area contributed by atoms with Gasteiger partial charge in [0.15, 0.2) is 0 Å². The Balaban J connectivity index is 2.16. The van der Waals surface area contributed by atoms with Crippen molar-refractivity contribution in [3.63, 3.8) is 0 Å². The van der Waals surface area contributed by atoms with Crippen molar-refractivity contribution in [1.82, 2.24) is 10.3 Å². The Morgan fingerprint density at radius 3 is 3.14 bits per heavy atom. The lowest BCUT2D eigenvalue weighted by Gasteiger charge is -2.21. The fraction of sp³-hybridized carbons (Fsp3) is 0.500. The standard InChI is InChI=1S/C10H14N2OS/c1-11-10(9-6-14-7-12-9)8-3-2-4-13-5-8/h5-7,10-11H,2-4H2,1H3. The van der Waals surface area contributed by atoms with Crippen LogP contribution in [0.2, 0.25) is 0 Å². The molecule has 14 heavy (non-hydrogen) atoms. The molecule has 1 aromatic rings. The highest BCUT2D eigenvalue weighted by Crippen LogP contribution is 2.26. The molecule has 0 saturated carbocycles. The zero-order valence-corrected chi connectivity index (χ0v) is 9.01. The molecule has 3 nitrogen and oxygen atoms in total. The highest BCUT2D eigenvalue weighted by Gasteiger charge is 2.18. The first-order valence-corrected chi connectivity index (χ1v) is 5.72. The summed E-state index contributed by atoms with van der Waals surface area (Å²) in [7, 11) is 1.96. The molecule has 0 saturated heterocycles. The van der Waals surface area contributed by atoms with Crippen molar-refractivity contribution in [3.05, 3.63) is 28.4 Å². The molecule has 0 fully saturated rings. The normalized spacial score (nSPS) is 18.5. The minimum atomic E-state index is 0.224. The van der Waals surface area contributed by atoms with Crippen LogP contribution >= 0.6 is 11.3 Å². The van der Waals surface area contributed by atoms with Gasteiger partial charge in [-0.2, -0.15) is 0 Å². The van der Waals surface area contributed by atoms with Gasteiger partial charge >= 0.3 is 0 Å². The number of nitrogens with one attached hydrogen (secondary N) is 1. The summed E-state index contributed by atoms with van der Waals surface area (Å²) in [5.41, 5.74) is 4.25. The monoisotopic (exact) mass is 210 g/mol. The van der Waals surface area contributed by atoms with Gasteiger partial charge < -0.3 is 10.1 Å². The van der Waals surface area contributed by atoms with E-state index in [0.717, 1.165) is 25.1 Å². The van der Waals surface area contributed by atoms with Crippen LogP contribution < -0.4 is 5.32 Å². The molecular weight excluding hydrogens is 196 g/mol. The molecule has 0 aromatic carbocycles. The van der Waals surface area contributed by atoms with E-state index in [0.29, 0.717) is 0 Å². The molecule has 76 valence electrons. The van der Waals surface area contributed by atoms with Gasteiger partial charge in [-0.05, 0) is 25.5 Å². The SMILES string of the molecule is CNC(C1=COCCC1)c1cscn1. The highest BCUT2D eigenvalue weighted by molar-refractivity contribution is 7.07. The number of likely N-dealkylation sites (N-methyl/N-ethyl adjacent to an activating group) is 1. The van der Waals surface area contributed by atoms with Crippen LogP contribution in [0.1, 0.15) is 24.6 Å². The number of hydrogen-bond donors (Lipinski definition) is 1. The Morgan fingerprint density at radius 1 is 1.64 bits per heavy atom. The molecule has 1 aromatic heterocycles. The molecule has 4 heteroatoms. The van der Waals surface area contributed by atoms with E-state index in [4.69, 9.17) is 4.74 Å². The van der Waals surface area contributed by atoms with Gasteiger partial charge in [-0.1, -0.05) is 0 Å². The summed E-state index contributed by atoms with van der Waals surface area (Å²) in [4.78, 5) is 4.32. The average Bonchev–Trinajstić information content (AvgIpc) is 2.74.